The summed E-state index contributed by atoms with van der Waals surface area (Å²) >= 11 is 0. The predicted octanol–water partition coefficient (Wildman–Crippen LogP) is 11.9. The third kappa shape index (κ3) is 5.15. The van der Waals surface area contributed by atoms with Crippen LogP contribution >= 0.6 is 14.3 Å². The monoisotopic (exact) mass is 808 g/mol. The molecule has 2 atom stereocenters. The van der Waals surface area contributed by atoms with Crippen LogP contribution in [0, 0.1) is 6.92 Å². The minimum Gasteiger partial charge on any atom is -0.309 e. The number of halogens is 3. The third-order valence-corrected chi connectivity index (χ3v) is 18.5. The Kier molecular flexibility index (Phi) is 7.83. The molecule has 0 N–H and O–H groups in total. The highest BCUT2D eigenvalue weighted by molar-refractivity contribution is 7.87. The molecule has 11 rings (SSSR count). The maximum absolute atomic E-state index is 16.0. The van der Waals surface area contributed by atoms with Crippen molar-refractivity contribution in [1.29, 1.82) is 0 Å². The Bertz CT molecular complexity index is 3300. The molecule has 0 saturated heterocycles. The smallest absolute Gasteiger partial charge is 0.309 e. The lowest BCUT2D eigenvalue weighted by atomic mass is 9.84. The molecule has 2 aliphatic rings. The minimum absolute atomic E-state index is 0.350. The zero-order chi connectivity index (χ0) is 40.3. The van der Waals surface area contributed by atoms with Crippen molar-refractivity contribution in [2.75, 3.05) is 0 Å². The molecular formula is C52H33F3O2P2. The van der Waals surface area contributed by atoms with Crippen LogP contribution in [0.3, 0.4) is 0 Å². The molecule has 0 aromatic heterocycles. The molecular weight excluding hydrogens is 776 g/mol. The van der Waals surface area contributed by atoms with Gasteiger partial charge in [-0.05, 0) is 109 Å². The van der Waals surface area contributed by atoms with Crippen molar-refractivity contribution in [3.8, 4) is 44.5 Å². The minimum atomic E-state index is -4.53. The fourth-order valence-electron chi connectivity index (χ4n) is 9.46. The molecule has 2 nitrogen and oxygen atoms in total. The summed E-state index contributed by atoms with van der Waals surface area (Å²) in [5, 5.41) is 7.63. The number of rotatable bonds is 4. The number of hydrogen-bond acceptors (Lipinski definition) is 2. The van der Waals surface area contributed by atoms with Crippen LogP contribution in [0.1, 0.15) is 11.1 Å². The third-order valence-electron chi connectivity index (χ3n) is 12.2. The molecule has 0 amide bonds. The van der Waals surface area contributed by atoms with Crippen molar-refractivity contribution >= 4 is 67.7 Å². The molecule has 2 unspecified atom stereocenters. The summed E-state index contributed by atoms with van der Waals surface area (Å²) in [6, 6.07) is 57.2. The van der Waals surface area contributed by atoms with Gasteiger partial charge in [-0.25, -0.2) is 0 Å². The molecule has 2 heterocycles. The van der Waals surface area contributed by atoms with E-state index in [0.29, 0.717) is 15.9 Å². The second-order valence-corrected chi connectivity index (χ2v) is 20.8. The molecule has 0 spiro atoms. The summed E-state index contributed by atoms with van der Waals surface area (Å²) in [6.07, 6.45) is -4.53. The Balaban J connectivity index is 1.31. The summed E-state index contributed by atoms with van der Waals surface area (Å²) in [4.78, 5) is 0. The quantitative estimate of drug-likeness (QED) is 0.131. The topological polar surface area (TPSA) is 34.1 Å². The van der Waals surface area contributed by atoms with E-state index in [0.717, 1.165) is 99.7 Å². The highest BCUT2D eigenvalue weighted by Crippen LogP contribution is 2.57. The largest absolute Gasteiger partial charge is 0.416 e. The van der Waals surface area contributed by atoms with Gasteiger partial charge in [0.2, 0.25) is 0 Å². The second-order valence-electron chi connectivity index (χ2n) is 15.4. The maximum Gasteiger partial charge on any atom is 0.416 e. The Morgan fingerprint density at radius 2 is 0.763 bits per heavy atom. The van der Waals surface area contributed by atoms with Gasteiger partial charge in [0.15, 0.2) is 14.3 Å². The Labute approximate surface area is 339 Å². The van der Waals surface area contributed by atoms with Crippen LogP contribution in [0.2, 0.25) is 0 Å². The molecule has 284 valence electrons. The van der Waals surface area contributed by atoms with Gasteiger partial charge in [0.25, 0.3) is 0 Å². The molecule has 0 bridgehead atoms. The van der Waals surface area contributed by atoms with Crippen molar-refractivity contribution in [2.45, 2.75) is 13.1 Å². The van der Waals surface area contributed by atoms with E-state index in [1.807, 2.05) is 116 Å². The highest BCUT2D eigenvalue weighted by atomic mass is 31.2. The fourth-order valence-corrected chi connectivity index (χ4v) is 15.6. The van der Waals surface area contributed by atoms with E-state index in [9.17, 15) is 13.2 Å². The maximum atomic E-state index is 16.0. The van der Waals surface area contributed by atoms with Gasteiger partial charge in [-0.2, -0.15) is 13.2 Å². The lowest BCUT2D eigenvalue weighted by molar-refractivity contribution is -0.137. The summed E-state index contributed by atoms with van der Waals surface area (Å²) in [5.74, 6) is 0. The Hall–Kier alpha value is -6.25. The van der Waals surface area contributed by atoms with E-state index in [2.05, 4.69) is 48.5 Å². The Morgan fingerprint density at radius 3 is 1.19 bits per heavy atom. The van der Waals surface area contributed by atoms with Gasteiger partial charge in [-0.1, -0.05) is 151 Å². The summed E-state index contributed by atoms with van der Waals surface area (Å²) in [7, 11) is -6.97. The summed E-state index contributed by atoms with van der Waals surface area (Å²) in [5.41, 5.74) is 7.55. The van der Waals surface area contributed by atoms with Crippen LogP contribution in [-0.4, -0.2) is 0 Å². The molecule has 9 aromatic rings. The van der Waals surface area contributed by atoms with Crippen LogP contribution in [0.5, 0.6) is 0 Å². The van der Waals surface area contributed by atoms with Crippen LogP contribution in [0.15, 0.2) is 182 Å². The van der Waals surface area contributed by atoms with Crippen LogP contribution < -0.4 is 31.8 Å². The highest BCUT2D eigenvalue weighted by Gasteiger charge is 2.43. The van der Waals surface area contributed by atoms with Gasteiger partial charge in [-0.3, -0.25) is 0 Å². The fraction of sp³-hybridized carbons (Fsp3) is 0.0385. The zero-order valence-corrected chi connectivity index (χ0v) is 33.5. The first-order chi connectivity index (χ1) is 28.6. The first kappa shape index (κ1) is 35.9. The molecule has 0 saturated carbocycles. The van der Waals surface area contributed by atoms with E-state index in [1.54, 1.807) is 0 Å². The Morgan fingerprint density at radius 1 is 0.390 bits per heavy atom. The van der Waals surface area contributed by atoms with Crippen molar-refractivity contribution in [3.63, 3.8) is 0 Å². The summed E-state index contributed by atoms with van der Waals surface area (Å²) < 4.78 is 73.2. The second kappa shape index (κ2) is 12.9. The van der Waals surface area contributed by atoms with Crippen molar-refractivity contribution in [3.05, 3.63) is 193 Å². The summed E-state index contributed by atoms with van der Waals surface area (Å²) in [6.45, 7) is 2.03. The number of hydrogen-bond donors (Lipinski definition) is 0. The van der Waals surface area contributed by atoms with Crippen molar-refractivity contribution in [1.82, 2.24) is 0 Å². The van der Waals surface area contributed by atoms with E-state index in [1.165, 1.54) is 12.1 Å². The molecule has 59 heavy (non-hydrogen) atoms. The van der Waals surface area contributed by atoms with Gasteiger partial charge in [-0.15, -0.1) is 0 Å². The van der Waals surface area contributed by atoms with Gasteiger partial charge in [0, 0.05) is 31.8 Å². The first-order valence-corrected chi connectivity index (χ1v) is 22.9. The van der Waals surface area contributed by atoms with E-state index >= 15 is 9.13 Å². The standard InChI is InChI=1S/C52H33F3O2P2/c1-32-20-24-36(25-21-32)58(56)46-18-10-8-16-38(46)40-28-42-44(30-48(40)58)50(33-12-4-2-5-13-33)43-29-41-39-17-9-11-19-47(39)59(57,37-26-22-35(23-27-37)52(53,54)55)49(41)31-45(43)51(42)34-14-6-3-7-15-34/h2-31H,1H3. The molecule has 7 heteroatoms. The number of fused-ring (bicyclic) bond motifs is 8. The number of aryl methyl sites for hydroxylation is 1. The van der Waals surface area contributed by atoms with Gasteiger partial charge >= 0.3 is 6.18 Å². The lowest BCUT2D eigenvalue weighted by Gasteiger charge is -2.22. The van der Waals surface area contributed by atoms with Gasteiger partial charge in [0.05, 0.1) is 5.56 Å². The lowest BCUT2D eigenvalue weighted by Crippen LogP contribution is -2.21. The van der Waals surface area contributed by atoms with E-state index < -0.39 is 26.0 Å². The van der Waals surface area contributed by atoms with Crippen molar-refractivity contribution in [2.24, 2.45) is 0 Å². The SMILES string of the molecule is Cc1ccc(P2(=O)c3ccccc3-c3cc4c(-c5ccccc5)c5cc6c(cc5c(-c5ccccc5)c4cc32)-c2ccccc2P6(=O)c2ccc(C(F)(F)F)cc2)cc1. The van der Waals surface area contributed by atoms with Crippen LogP contribution in [0.25, 0.3) is 66.1 Å². The average Bonchev–Trinajstić information content (AvgIpc) is 3.67. The van der Waals surface area contributed by atoms with Crippen molar-refractivity contribution < 1.29 is 22.3 Å². The predicted molar refractivity (Wildman–Crippen MR) is 239 cm³/mol. The molecule has 0 aliphatic carbocycles. The van der Waals surface area contributed by atoms with Crippen LogP contribution in [0.4, 0.5) is 13.2 Å². The number of benzene rings is 9. The normalized spacial score (nSPS) is 17.8. The first-order valence-electron chi connectivity index (χ1n) is 19.5. The van der Waals surface area contributed by atoms with E-state index in [-0.39, 0.29) is 0 Å². The van der Waals surface area contributed by atoms with E-state index in [4.69, 9.17) is 0 Å². The zero-order valence-electron chi connectivity index (χ0n) is 31.7. The molecule has 0 fully saturated rings. The number of alkyl halides is 3. The van der Waals surface area contributed by atoms with Gasteiger partial charge in [0.1, 0.15) is 0 Å². The van der Waals surface area contributed by atoms with Crippen LogP contribution in [-0.2, 0) is 15.3 Å². The molecule has 9 aromatic carbocycles. The molecule has 2 aliphatic heterocycles. The molecule has 0 radical (unpaired) electrons. The average molecular weight is 809 g/mol. The van der Waals surface area contributed by atoms with Gasteiger partial charge < -0.3 is 9.13 Å².